The average molecular weight is 268 g/mol. The van der Waals surface area contributed by atoms with Crippen LogP contribution in [0.1, 0.15) is 47.0 Å². The van der Waals surface area contributed by atoms with Gasteiger partial charge in [-0.15, -0.1) is 0 Å². The summed E-state index contributed by atoms with van der Waals surface area (Å²) in [7, 11) is 6.12. The Bertz CT molecular complexity index is 383. The Hall–Kier alpha value is -0.570. The molecule has 19 heavy (non-hydrogen) atoms. The molecule has 3 nitrogen and oxygen atoms in total. The highest BCUT2D eigenvalue weighted by molar-refractivity contribution is 5.74. The molecule has 0 aromatic rings. The molecule has 0 radical (unpaired) electrons. The second kappa shape index (κ2) is 4.21. The lowest BCUT2D eigenvalue weighted by Crippen LogP contribution is -2.50. The normalized spacial score (nSPS) is 38.3. The van der Waals surface area contributed by atoms with Crippen molar-refractivity contribution in [3.05, 3.63) is 0 Å². The van der Waals surface area contributed by atoms with Crippen LogP contribution in [0.15, 0.2) is 0 Å². The second-order valence-electron chi connectivity index (χ2n) is 8.33. The fourth-order valence-electron chi connectivity index (χ4n) is 3.86. The Morgan fingerprint density at radius 2 is 1.84 bits per heavy atom. The number of nitrogens with zero attached hydrogens (tertiary/aromatic N) is 1. The lowest BCUT2D eigenvalue weighted by atomic mass is 9.70. The van der Waals surface area contributed by atoms with E-state index in [9.17, 15) is 4.79 Å². The molecule has 0 spiro atoms. The van der Waals surface area contributed by atoms with Crippen LogP contribution in [0.4, 0.5) is 0 Å². The summed E-state index contributed by atoms with van der Waals surface area (Å²) in [6.07, 6.45) is 3.66. The largest absolute Gasteiger partial charge is 0.457 e. The van der Waals surface area contributed by atoms with Crippen molar-refractivity contribution in [3.8, 4) is 0 Å². The van der Waals surface area contributed by atoms with Gasteiger partial charge in [-0.3, -0.25) is 0 Å². The van der Waals surface area contributed by atoms with E-state index in [1.807, 2.05) is 28.1 Å². The Balaban J connectivity index is 2.09. The van der Waals surface area contributed by atoms with Gasteiger partial charge in [0.25, 0.3) is 0 Å². The molecule has 0 aliphatic heterocycles. The van der Waals surface area contributed by atoms with Crippen molar-refractivity contribution in [2.45, 2.75) is 59.1 Å². The fourth-order valence-corrected chi connectivity index (χ4v) is 3.86. The van der Waals surface area contributed by atoms with Crippen LogP contribution in [0.3, 0.4) is 0 Å². The highest BCUT2D eigenvalue weighted by Crippen LogP contribution is 2.66. The highest BCUT2D eigenvalue weighted by atomic mass is 16.5. The van der Waals surface area contributed by atoms with E-state index in [-0.39, 0.29) is 23.5 Å². The van der Waals surface area contributed by atoms with E-state index in [0.29, 0.717) is 9.90 Å². The van der Waals surface area contributed by atoms with Gasteiger partial charge in [0, 0.05) is 5.41 Å². The molecule has 3 heteroatoms. The number of carbonyl (C=O) groups is 1. The van der Waals surface area contributed by atoms with Crippen molar-refractivity contribution in [1.29, 1.82) is 0 Å². The molecule has 0 N–H and O–H groups in total. The third-order valence-corrected chi connectivity index (χ3v) is 6.48. The van der Waals surface area contributed by atoms with Gasteiger partial charge in [0.05, 0.1) is 21.1 Å². The molecule has 0 aromatic heterocycles. The molecular formula is C16H30NO2+. The van der Waals surface area contributed by atoms with E-state index in [1.165, 1.54) is 12.8 Å². The third-order valence-electron chi connectivity index (χ3n) is 6.48. The zero-order valence-electron chi connectivity index (χ0n) is 13.6. The SMILES string of the molecule is C[C@@H](C(=O)O[C@@H]1C[C@@H]2CC[C@@]1(C)C2(C)C)[N+](C)(C)C. The smallest absolute Gasteiger partial charge is 0.364 e. The number of carbonyl (C=O) groups excluding carboxylic acids is 1. The number of likely N-dealkylation sites (N-methyl/N-ethyl adjacent to an activating group) is 1. The molecule has 2 rings (SSSR count). The zero-order valence-corrected chi connectivity index (χ0v) is 13.6. The first kappa shape index (κ1) is 14.8. The topological polar surface area (TPSA) is 26.3 Å². The Kier molecular flexibility index (Phi) is 3.29. The Labute approximate surface area is 117 Å². The monoisotopic (exact) mass is 268 g/mol. The van der Waals surface area contributed by atoms with Gasteiger partial charge >= 0.3 is 5.97 Å². The van der Waals surface area contributed by atoms with Crippen LogP contribution < -0.4 is 0 Å². The summed E-state index contributed by atoms with van der Waals surface area (Å²) >= 11 is 0. The van der Waals surface area contributed by atoms with Crippen LogP contribution in [0.2, 0.25) is 0 Å². The molecule has 0 saturated heterocycles. The summed E-state index contributed by atoms with van der Waals surface area (Å²) < 4.78 is 6.54. The predicted octanol–water partition coefficient (Wildman–Crippen LogP) is 2.84. The van der Waals surface area contributed by atoms with Gasteiger partial charge in [-0.2, -0.15) is 0 Å². The van der Waals surface area contributed by atoms with E-state index in [1.54, 1.807) is 0 Å². The van der Waals surface area contributed by atoms with Crippen molar-refractivity contribution in [2.75, 3.05) is 21.1 Å². The molecule has 2 aliphatic carbocycles. The van der Waals surface area contributed by atoms with E-state index >= 15 is 0 Å². The van der Waals surface area contributed by atoms with Crippen LogP contribution in [0, 0.1) is 16.7 Å². The Morgan fingerprint density at radius 3 is 2.21 bits per heavy atom. The zero-order chi connectivity index (χ0) is 14.6. The average Bonchev–Trinajstić information content (AvgIpc) is 2.59. The van der Waals surface area contributed by atoms with Crippen molar-refractivity contribution in [3.63, 3.8) is 0 Å². The Morgan fingerprint density at radius 1 is 1.26 bits per heavy atom. The summed E-state index contributed by atoms with van der Waals surface area (Å²) in [6, 6.07) is -0.106. The van der Waals surface area contributed by atoms with Crippen LogP contribution in [-0.2, 0) is 9.53 Å². The van der Waals surface area contributed by atoms with Crippen molar-refractivity contribution >= 4 is 5.97 Å². The molecule has 2 fully saturated rings. The number of ether oxygens (including phenoxy) is 1. The number of rotatable bonds is 3. The number of quaternary nitrogens is 1. The summed E-state index contributed by atoms with van der Waals surface area (Å²) in [5.74, 6) is 0.678. The first-order valence-electron chi connectivity index (χ1n) is 7.52. The molecule has 4 atom stereocenters. The van der Waals surface area contributed by atoms with Gasteiger partial charge in [-0.1, -0.05) is 20.8 Å². The lowest BCUT2D eigenvalue weighted by Gasteiger charge is -2.39. The fraction of sp³-hybridized carbons (Fsp3) is 0.938. The maximum Gasteiger partial charge on any atom is 0.364 e. The minimum atomic E-state index is -0.106. The van der Waals surface area contributed by atoms with Crippen LogP contribution in [0.25, 0.3) is 0 Å². The number of fused-ring (bicyclic) bond motifs is 2. The molecule has 0 heterocycles. The van der Waals surface area contributed by atoms with Gasteiger partial charge in [0.15, 0.2) is 6.04 Å². The standard InChI is InChI=1S/C16H30NO2/c1-11(17(5,6)7)14(18)19-13-10-12-8-9-16(13,4)15(12,2)3/h11-13H,8-10H2,1-7H3/q+1/t11-,12-,13+,16+/m0/s1. The number of hydrogen-bond donors (Lipinski definition) is 0. The van der Waals surface area contributed by atoms with E-state index in [0.717, 1.165) is 12.3 Å². The summed E-state index contributed by atoms with van der Waals surface area (Å²) in [5, 5.41) is 0. The first-order chi connectivity index (χ1) is 8.50. The lowest BCUT2D eigenvalue weighted by molar-refractivity contribution is -0.885. The minimum absolute atomic E-state index is 0.0397. The molecule has 110 valence electrons. The quantitative estimate of drug-likeness (QED) is 0.581. The van der Waals surface area contributed by atoms with E-state index in [4.69, 9.17) is 4.74 Å². The summed E-state index contributed by atoms with van der Waals surface area (Å²) in [4.78, 5) is 12.3. The third kappa shape index (κ3) is 2.10. The van der Waals surface area contributed by atoms with E-state index in [2.05, 4.69) is 20.8 Å². The molecule has 2 saturated carbocycles. The second-order valence-corrected chi connectivity index (χ2v) is 8.33. The molecule has 0 aromatic carbocycles. The first-order valence-corrected chi connectivity index (χ1v) is 7.52. The van der Waals surface area contributed by atoms with Crippen LogP contribution in [-0.4, -0.2) is 43.7 Å². The van der Waals surface area contributed by atoms with Crippen molar-refractivity contribution in [2.24, 2.45) is 16.7 Å². The maximum absolute atomic E-state index is 12.3. The molecule has 2 aliphatic rings. The van der Waals surface area contributed by atoms with Crippen molar-refractivity contribution < 1.29 is 14.0 Å². The van der Waals surface area contributed by atoms with Gasteiger partial charge in [-0.25, -0.2) is 4.79 Å². The number of hydrogen-bond acceptors (Lipinski definition) is 2. The predicted molar refractivity (Wildman–Crippen MR) is 76.6 cm³/mol. The van der Waals surface area contributed by atoms with Gasteiger partial charge in [-0.05, 0) is 37.5 Å². The van der Waals surface area contributed by atoms with Crippen LogP contribution >= 0.6 is 0 Å². The summed E-state index contributed by atoms with van der Waals surface area (Å²) in [6.45, 7) is 8.97. The van der Waals surface area contributed by atoms with Crippen LogP contribution in [0.5, 0.6) is 0 Å². The number of esters is 1. The van der Waals surface area contributed by atoms with E-state index < -0.39 is 0 Å². The molecule has 2 bridgehead atoms. The van der Waals surface area contributed by atoms with Gasteiger partial charge in [0.1, 0.15) is 6.10 Å². The molecular weight excluding hydrogens is 238 g/mol. The van der Waals surface area contributed by atoms with Gasteiger partial charge < -0.3 is 9.22 Å². The maximum atomic E-state index is 12.3. The highest BCUT2D eigenvalue weighted by Gasteiger charge is 2.63. The summed E-state index contributed by atoms with van der Waals surface area (Å²) in [5.41, 5.74) is 0.468. The minimum Gasteiger partial charge on any atom is -0.457 e. The molecule has 0 unspecified atom stereocenters. The molecule has 0 amide bonds. The van der Waals surface area contributed by atoms with Gasteiger partial charge in [0.2, 0.25) is 0 Å². The van der Waals surface area contributed by atoms with Crippen molar-refractivity contribution in [1.82, 2.24) is 0 Å².